The Morgan fingerprint density at radius 3 is 2.44 bits per heavy atom. The predicted molar refractivity (Wildman–Crippen MR) is 72.3 cm³/mol. The highest BCUT2D eigenvalue weighted by molar-refractivity contribution is 5.98. The normalized spacial score (nSPS) is 17.7. The molecule has 1 aliphatic rings. The lowest BCUT2D eigenvalue weighted by Gasteiger charge is -2.31. The lowest BCUT2D eigenvalue weighted by atomic mass is 9.82. The monoisotopic (exact) mass is 272 g/mol. The summed E-state index contributed by atoms with van der Waals surface area (Å²) in [7, 11) is 0. The molecule has 18 heavy (non-hydrogen) atoms. The van der Waals surface area contributed by atoms with E-state index in [-0.39, 0.29) is 24.0 Å². The summed E-state index contributed by atoms with van der Waals surface area (Å²) >= 11 is 0. The van der Waals surface area contributed by atoms with Crippen LogP contribution in [0.5, 0.6) is 0 Å². The molecule has 0 spiro atoms. The average Bonchev–Trinajstić information content (AvgIpc) is 2.33. The second-order valence-corrected chi connectivity index (χ2v) is 4.65. The molecule has 3 nitrogen and oxygen atoms in total. The van der Waals surface area contributed by atoms with E-state index in [2.05, 4.69) is 5.32 Å². The lowest BCUT2D eigenvalue weighted by molar-refractivity contribution is -0.122. The van der Waals surface area contributed by atoms with E-state index in [1.165, 1.54) is 6.07 Å². The van der Waals surface area contributed by atoms with Crippen LogP contribution in [-0.2, 0) is 4.79 Å². The molecule has 0 unspecified atom stereocenters. The Hall–Kier alpha value is -1.13. The van der Waals surface area contributed by atoms with Crippen molar-refractivity contribution in [2.45, 2.75) is 37.6 Å². The van der Waals surface area contributed by atoms with Gasteiger partial charge in [-0.3, -0.25) is 4.79 Å². The number of amides is 1. The Bertz CT molecular complexity index is 419. The minimum atomic E-state index is -0.833. The van der Waals surface area contributed by atoms with Crippen LogP contribution in [0.15, 0.2) is 24.3 Å². The summed E-state index contributed by atoms with van der Waals surface area (Å²) in [5, 5.41) is 2.58. The van der Waals surface area contributed by atoms with Crippen LogP contribution in [0, 0.1) is 5.82 Å². The Balaban J connectivity index is 0.00000162. The molecule has 0 atom stereocenters. The quantitative estimate of drug-likeness (QED) is 0.870. The maximum atomic E-state index is 13.4. The van der Waals surface area contributed by atoms with Crippen LogP contribution < -0.4 is 11.1 Å². The third-order valence-corrected chi connectivity index (χ3v) is 3.32. The Morgan fingerprint density at radius 1 is 1.22 bits per heavy atom. The van der Waals surface area contributed by atoms with Gasteiger partial charge in [-0.1, -0.05) is 31.4 Å². The number of para-hydroxylation sites is 1. The zero-order valence-corrected chi connectivity index (χ0v) is 10.9. The number of halogens is 2. The van der Waals surface area contributed by atoms with E-state index in [4.69, 9.17) is 5.73 Å². The van der Waals surface area contributed by atoms with Gasteiger partial charge in [0.2, 0.25) is 5.91 Å². The SMILES string of the molecule is Cl.NC1(C(=O)Nc2ccccc2F)CCCCC1. The highest BCUT2D eigenvalue weighted by Gasteiger charge is 2.35. The van der Waals surface area contributed by atoms with Gasteiger partial charge < -0.3 is 11.1 Å². The van der Waals surface area contributed by atoms with Crippen LogP contribution in [0.4, 0.5) is 10.1 Å². The van der Waals surface area contributed by atoms with Crippen LogP contribution in [0.25, 0.3) is 0 Å². The minimum absolute atomic E-state index is 0. The van der Waals surface area contributed by atoms with Crippen molar-refractivity contribution in [3.05, 3.63) is 30.1 Å². The third-order valence-electron chi connectivity index (χ3n) is 3.32. The van der Waals surface area contributed by atoms with Crippen molar-refractivity contribution >= 4 is 24.0 Å². The summed E-state index contributed by atoms with van der Waals surface area (Å²) < 4.78 is 13.4. The van der Waals surface area contributed by atoms with Gasteiger partial charge in [-0.2, -0.15) is 0 Å². The lowest BCUT2D eigenvalue weighted by Crippen LogP contribution is -2.52. The molecule has 1 aromatic carbocycles. The molecule has 2 rings (SSSR count). The summed E-state index contributed by atoms with van der Waals surface area (Å²) in [6.07, 6.45) is 4.38. The van der Waals surface area contributed by atoms with Crippen LogP contribution >= 0.6 is 12.4 Å². The second kappa shape index (κ2) is 6.16. The van der Waals surface area contributed by atoms with Crippen LogP contribution in [0.2, 0.25) is 0 Å². The molecule has 1 fully saturated rings. The van der Waals surface area contributed by atoms with E-state index in [0.29, 0.717) is 12.8 Å². The van der Waals surface area contributed by atoms with Crippen LogP contribution in [-0.4, -0.2) is 11.4 Å². The Morgan fingerprint density at radius 2 is 1.83 bits per heavy atom. The second-order valence-electron chi connectivity index (χ2n) is 4.65. The van der Waals surface area contributed by atoms with E-state index in [0.717, 1.165) is 19.3 Å². The van der Waals surface area contributed by atoms with Gasteiger partial charge in [0, 0.05) is 0 Å². The van der Waals surface area contributed by atoms with Gasteiger partial charge in [-0.05, 0) is 25.0 Å². The van der Waals surface area contributed by atoms with Crippen molar-refractivity contribution in [3.63, 3.8) is 0 Å². The number of nitrogens with two attached hydrogens (primary N) is 1. The summed E-state index contributed by atoms with van der Waals surface area (Å²) in [4.78, 5) is 12.0. The molecule has 1 amide bonds. The minimum Gasteiger partial charge on any atom is -0.322 e. The third kappa shape index (κ3) is 3.21. The van der Waals surface area contributed by atoms with Gasteiger partial charge in [0.25, 0.3) is 0 Å². The van der Waals surface area contributed by atoms with E-state index in [9.17, 15) is 9.18 Å². The zero-order valence-electron chi connectivity index (χ0n) is 10.1. The molecule has 3 N–H and O–H groups in total. The van der Waals surface area contributed by atoms with E-state index in [1.54, 1.807) is 18.2 Å². The van der Waals surface area contributed by atoms with Crippen LogP contribution in [0.1, 0.15) is 32.1 Å². The van der Waals surface area contributed by atoms with Crippen molar-refractivity contribution in [2.75, 3.05) is 5.32 Å². The molecule has 0 radical (unpaired) electrons. The molecule has 0 aliphatic heterocycles. The summed E-state index contributed by atoms with van der Waals surface area (Å²) in [6, 6.07) is 6.13. The van der Waals surface area contributed by atoms with E-state index < -0.39 is 11.4 Å². The first-order valence-electron chi connectivity index (χ1n) is 5.97. The predicted octanol–water partition coefficient (Wildman–Crippen LogP) is 2.85. The number of benzene rings is 1. The average molecular weight is 273 g/mol. The van der Waals surface area contributed by atoms with Crippen LogP contribution in [0.3, 0.4) is 0 Å². The standard InChI is InChI=1S/C13H17FN2O.ClH/c14-10-6-2-3-7-11(10)16-12(17)13(15)8-4-1-5-9-13;/h2-3,6-7H,1,4-5,8-9,15H2,(H,16,17);1H. The van der Waals surface area contributed by atoms with Crippen molar-refractivity contribution in [1.29, 1.82) is 0 Å². The topological polar surface area (TPSA) is 55.1 Å². The van der Waals surface area contributed by atoms with Gasteiger partial charge in [0.05, 0.1) is 11.2 Å². The van der Waals surface area contributed by atoms with Gasteiger partial charge in [0.15, 0.2) is 0 Å². The molecule has 0 aromatic heterocycles. The number of hydrogen-bond acceptors (Lipinski definition) is 2. The number of hydrogen-bond donors (Lipinski definition) is 2. The smallest absolute Gasteiger partial charge is 0.244 e. The van der Waals surface area contributed by atoms with Crippen molar-refractivity contribution in [2.24, 2.45) is 5.73 Å². The fraction of sp³-hybridized carbons (Fsp3) is 0.462. The first-order chi connectivity index (χ1) is 8.12. The van der Waals surface area contributed by atoms with Crippen molar-refractivity contribution in [3.8, 4) is 0 Å². The molecule has 100 valence electrons. The largest absolute Gasteiger partial charge is 0.322 e. The Kier molecular flexibility index (Phi) is 5.11. The highest BCUT2D eigenvalue weighted by atomic mass is 35.5. The number of nitrogens with one attached hydrogen (secondary N) is 1. The molecule has 0 bridgehead atoms. The first-order valence-corrected chi connectivity index (χ1v) is 5.97. The van der Waals surface area contributed by atoms with Gasteiger partial charge >= 0.3 is 0 Å². The first kappa shape index (κ1) is 14.9. The van der Waals surface area contributed by atoms with E-state index >= 15 is 0 Å². The molecule has 5 heteroatoms. The van der Waals surface area contributed by atoms with Gasteiger partial charge in [-0.15, -0.1) is 12.4 Å². The number of carbonyl (C=O) groups excluding carboxylic acids is 1. The number of carbonyl (C=O) groups is 1. The van der Waals surface area contributed by atoms with E-state index in [1.807, 2.05) is 0 Å². The maximum absolute atomic E-state index is 13.4. The highest BCUT2D eigenvalue weighted by Crippen LogP contribution is 2.27. The van der Waals surface area contributed by atoms with Gasteiger partial charge in [0.1, 0.15) is 5.82 Å². The molecule has 1 aromatic rings. The van der Waals surface area contributed by atoms with Gasteiger partial charge in [-0.25, -0.2) is 4.39 Å². The molecular formula is C13H18ClFN2O. The molecular weight excluding hydrogens is 255 g/mol. The fourth-order valence-corrected chi connectivity index (χ4v) is 2.22. The zero-order chi connectivity index (χ0) is 12.3. The summed E-state index contributed by atoms with van der Waals surface area (Å²) in [5.74, 6) is -0.706. The Labute approximate surface area is 112 Å². The summed E-state index contributed by atoms with van der Waals surface area (Å²) in [6.45, 7) is 0. The number of anilines is 1. The molecule has 0 heterocycles. The maximum Gasteiger partial charge on any atom is 0.244 e. The summed E-state index contributed by atoms with van der Waals surface area (Å²) in [5.41, 5.74) is 5.43. The fourth-order valence-electron chi connectivity index (χ4n) is 2.22. The molecule has 1 aliphatic carbocycles. The van der Waals surface area contributed by atoms with Crippen molar-refractivity contribution < 1.29 is 9.18 Å². The van der Waals surface area contributed by atoms with Crippen molar-refractivity contribution in [1.82, 2.24) is 0 Å². The molecule has 1 saturated carbocycles. The number of rotatable bonds is 2. The molecule has 0 saturated heterocycles.